The Hall–Kier alpha value is -2.45. The number of aromatic amines is 1. The normalized spacial score (nSPS) is 16.1. The number of carbonyl (C=O) groups is 1. The second-order valence-corrected chi connectivity index (χ2v) is 7.80. The van der Waals surface area contributed by atoms with Crippen LogP contribution in [0.25, 0.3) is 0 Å². The smallest absolute Gasteiger partial charge is 0.271 e. The van der Waals surface area contributed by atoms with Gasteiger partial charge in [0.2, 0.25) is 10.0 Å². The Labute approximate surface area is 146 Å². The van der Waals surface area contributed by atoms with Gasteiger partial charge < -0.3 is 4.98 Å². The van der Waals surface area contributed by atoms with Crippen molar-refractivity contribution in [2.45, 2.75) is 24.7 Å². The molecular formula is C17H20N4O3S. The molecule has 0 aliphatic carbocycles. The van der Waals surface area contributed by atoms with Gasteiger partial charge in [0.15, 0.2) is 0 Å². The van der Waals surface area contributed by atoms with Crippen LogP contribution in [-0.2, 0) is 10.0 Å². The van der Waals surface area contributed by atoms with Crippen molar-refractivity contribution >= 4 is 21.6 Å². The summed E-state index contributed by atoms with van der Waals surface area (Å²) in [4.78, 5) is 15.4. The average molecular weight is 360 g/mol. The molecular weight excluding hydrogens is 340 g/mol. The molecule has 3 rings (SSSR count). The molecule has 1 saturated heterocycles. The predicted molar refractivity (Wildman–Crippen MR) is 94.9 cm³/mol. The number of rotatable bonds is 5. The van der Waals surface area contributed by atoms with Gasteiger partial charge in [-0.15, -0.1) is 0 Å². The van der Waals surface area contributed by atoms with Crippen molar-refractivity contribution in [3.05, 3.63) is 53.9 Å². The summed E-state index contributed by atoms with van der Waals surface area (Å²) in [6, 6.07) is 9.72. The average Bonchev–Trinajstić information content (AvgIpc) is 3.33. The van der Waals surface area contributed by atoms with E-state index in [-0.39, 0.29) is 10.5 Å². The molecule has 1 aliphatic heterocycles. The maximum absolute atomic E-state index is 12.6. The Morgan fingerprint density at radius 1 is 1.20 bits per heavy atom. The molecule has 8 heteroatoms. The van der Waals surface area contributed by atoms with Crippen molar-refractivity contribution < 1.29 is 13.2 Å². The molecule has 2 aromatic rings. The zero-order valence-electron chi connectivity index (χ0n) is 13.9. The molecule has 2 heterocycles. The maximum atomic E-state index is 12.6. The van der Waals surface area contributed by atoms with Gasteiger partial charge in [0.25, 0.3) is 5.91 Å². The number of H-pyrrole nitrogens is 1. The number of nitrogens with one attached hydrogen (secondary N) is 2. The van der Waals surface area contributed by atoms with E-state index in [4.69, 9.17) is 0 Å². The summed E-state index contributed by atoms with van der Waals surface area (Å²) >= 11 is 0. The molecule has 0 radical (unpaired) electrons. The third kappa shape index (κ3) is 3.80. The largest absolute Gasteiger partial charge is 0.360 e. The number of sulfonamides is 1. The second-order valence-electron chi connectivity index (χ2n) is 5.86. The van der Waals surface area contributed by atoms with Crippen molar-refractivity contribution in [1.82, 2.24) is 14.7 Å². The van der Waals surface area contributed by atoms with E-state index in [0.29, 0.717) is 18.8 Å². The standard InChI is InChI=1S/C17H20N4O3S/c1-13(16-8-5-9-18-16)19-20-17(22)14-6-4-7-15(12-14)25(23,24)21-10-2-3-11-21/h4-9,12,18H,2-3,10-11H2,1H3,(H,20,22)/b19-13-. The Morgan fingerprint density at radius 3 is 2.64 bits per heavy atom. The van der Waals surface area contributed by atoms with Crippen molar-refractivity contribution in [3.8, 4) is 0 Å². The molecule has 7 nitrogen and oxygen atoms in total. The number of hydrazone groups is 1. The third-order valence-corrected chi connectivity index (χ3v) is 6.01. The first-order valence-corrected chi connectivity index (χ1v) is 9.51. The lowest BCUT2D eigenvalue weighted by atomic mass is 10.2. The van der Waals surface area contributed by atoms with Crippen LogP contribution in [0.3, 0.4) is 0 Å². The van der Waals surface area contributed by atoms with Gasteiger partial charge in [-0.05, 0) is 50.1 Å². The zero-order chi connectivity index (χ0) is 17.9. The minimum Gasteiger partial charge on any atom is -0.360 e. The lowest BCUT2D eigenvalue weighted by molar-refractivity contribution is 0.0954. The third-order valence-electron chi connectivity index (χ3n) is 4.11. The second kappa shape index (κ2) is 7.20. The van der Waals surface area contributed by atoms with E-state index in [0.717, 1.165) is 18.5 Å². The lowest BCUT2D eigenvalue weighted by Gasteiger charge is -2.15. The Kier molecular flexibility index (Phi) is 5.00. The van der Waals surface area contributed by atoms with Crippen LogP contribution in [0.15, 0.2) is 52.6 Å². The van der Waals surface area contributed by atoms with Crippen molar-refractivity contribution in [2.24, 2.45) is 5.10 Å². The number of carbonyl (C=O) groups excluding carboxylic acids is 1. The zero-order valence-corrected chi connectivity index (χ0v) is 14.7. The van der Waals surface area contributed by atoms with Crippen molar-refractivity contribution in [3.63, 3.8) is 0 Å². The van der Waals surface area contributed by atoms with Gasteiger partial charge in [-0.1, -0.05) is 6.07 Å². The van der Waals surface area contributed by atoms with Crippen molar-refractivity contribution in [1.29, 1.82) is 0 Å². The molecule has 132 valence electrons. The number of hydrogen-bond donors (Lipinski definition) is 2. The van der Waals surface area contributed by atoms with Gasteiger partial charge in [-0.25, -0.2) is 13.8 Å². The van der Waals surface area contributed by atoms with Gasteiger partial charge in [0.1, 0.15) is 0 Å². The number of hydrogen-bond acceptors (Lipinski definition) is 4. The van der Waals surface area contributed by atoms with Crippen LogP contribution < -0.4 is 5.43 Å². The highest BCUT2D eigenvalue weighted by Gasteiger charge is 2.27. The molecule has 1 fully saturated rings. The van der Waals surface area contributed by atoms with Crippen LogP contribution in [0, 0.1) is 0 Å². The molecule has 25 heavy (non-hydrogen) atoms. The summed E-state index contributed by atoms with van der Waals surface area (Å²) in [5.41, 5.74) is 4.13. The highest BCUT2D eigenvalue weighted by Crippen LogP contribution is 2.21. The minimum atomic E-state index is -3.55. The van der Waals surface area contributed by atoms with E-state index in [9.17, 15) is 13.2 Å². The SMILES string of the molecule is C/C(=N/NC(=O)c1cccc(S(=O)(=O)N2CCCC2)c1)c1ccc[nH]1. The van der Waals surface area contributed by atoms with Crippen LogP contribution in [0.5, 0.6) is 0 Å². The predicted octanol–water partition coefficient (Wildman–Crippen LogP) is 1.95. The molecule has 0 bridgehead atoms. The fourth-order valence-electron chi connectivity index (χ4n) is 2.69. The van der Waals surface area contributed by atoms with E-state index >= 15 is 0 Å². The number of aromatic nitrogens is 1. The molecule has 0 spiro atoms. The number of nitrogens with zero attached hydrogens (tertiary/aromatic N) is 2. The molecule has 1 aromatic heterocycles. The summed E-state index contributed by atoms with van der Waals surface area (Å²) in [6.45, 7) is 2.82. The topological polar surface area (TPSA) is 94.6 Å². The van der Waals surface area contributed by atoms with Gasteiger partial charge in [0, 0.05) is 24.8 Å². The van der Waals surface area contributed by atoms with E-state index in [1.54, 1.807) is 25.3 Å². The first kappa shape index (κ1) is 17.4. The number of benzene rings is 1. The van der Waals surface area contributed by atoms with Crippen LogP contribution in [-0.4, -0.2) is 42.4 Å². The molecule has 0 saturated carbocycles. The number of amides is 1. The molecule has 0 unspecified atom stereocenters. The fraction of sp³-hybridized carbons (Fsp3) is 0.294. The monoisotopic (exact) mass is 360 g/mol. The summed E-state index contributed by atoms with van der Waals surface area (Å²) in [5.74, 6) is -0.454. The Bertz CT molecular complexity index is 882. The molecule has 1 amide bonds. The first-order chi connectivity index (χ1) is 12.0. The summed E-state index contributed by atoms with van der Waals surface area (Å²) < 4.78 is 26.6. The van der Waals surface area contributed by atoms with Gasteiger partial charge in [0.05, 0.1) is 16.3 Å². The molecule has 1 aromatic carbocycles. The van der Waals surface area contributed by atoms with E-state index in [1.807, 2.05) is 12.1 Å². The van der Waals surface area contributed by atoms with Crippen LogP contribution in [0.2, 0.25) is 0 Å². The highest BCUT2D eigenvalue weighted by atomic mass is 32.2. The Balaban J connectivity index is 1.77. The van der Waals surface area contributed by atoms with Crippen LogP contribution in [0.4, 0.5) is 0 Å². The fourth-order valence-corrected chi connectivity index (χ4v) is 4.25. The highest BCUT2D eigenvalue weighted by molar-refractivity contribution is 7.89. The van der Waals surface area contributed by atoms with Crippen LogP contribution in [0.1, 0.15) is 35.8 Å². The lowest BCUT2D eigenvalue weighted by Crippen LogP contribution is -2.28. The minimum absolute atomic E-state index is 0.132. The molecule has 2 N–H and O–H groups in total. The molecule has 1 aliphatic rings. The van der Waals surface area contributed by atoms with Crippen LogP contribution >= 0.6 is 0 Å². The summed E-state index contributed by atoms with van der Waals surface area (Å²) in [7, 11) is -3.55. The quantitative estimate of drug-likeness (QED) is 0.630. The van der Waals surface area contributed by atoms with Gasteiger partial charge in [-0.2, -0.15) is 9.41 Å². The summed E-state index contributed by atoms with van der Waals surface area (Å²) in [6.07, 6.45) is 3.50. The van der Waals surface area contributed by atoms with Crippen molar-refractivity contribution in [2.75, 3.05) is 13.1 Å². The van der Waals surface area contributed by atoms with Gasteiger partial charge in [-0.3, -0.25) is 4.79 Å². The van der Waals surface area contributed by atoms with E-state index < -0.39 is 15.9 Å². The summed E-state index contributed by atoms with van der Waals surface area (Å²) in [5, 5.41) is 4.04. The van der Waals surface area contributed by atoms with E-state index in [1.165, 1.54) is 16.4 Å². The first-order valence-electron chi connectivity index (χ1n) is 8.07. The Morgan fingerprint density at radius 2 is 1.96 bits per heavy atom. The maximum Gasteiger partial charge on any atom is 0.271 e. The molecule has 0 atom stereocenters. The van der Waals surface area contributed by atoms with E-state index in [2.05, 4.69) is 15.5 Å². The van der Waals surface area contributed by atoms with Gasteiger partial charge >= 0.3 is 0 Å².